The van der Waals surface area contributed by atoms with E-state index in [1.165, 1.54) is 0 Å². The zero-order valence-corrected chi connectivity index (χ0v) is 77.1. The Morgan fingerprint density at radius 2 is 0.641 bits per heavy atom. The number of carboxylic acid groups (broad SMARTS) is 1. The molecular weight excluding hydrogens is 1760 g/mol. The van der Waals surface area contributed by atoms with Crippen molar-refractivity contribution in [3.8, 4) is 124 Å². The van der Waals surface area contributed by atoms with Gasteiger partial charge in [-0.2, -0.15) is 10.5 Å². The number of carboxylic acids is 1. The fourth-order valence-electron chi connectivity index (χ4n) is 16.1. The van der Waals surface area contributed by atoms with Crippen LogP contribution in [0.3, 0.4) is 0 Å². The molecule has 0 saturated carbocycles. The lowest BCUT2D eigenvalue weighted by atomic mass is 9.91. The molecule has 0 atom stereocenters. The Morgan fingerprint density at radius 3 is 0.962 bits per heavy atom. The zero-order chi connectivity index (χ0) is 90.1. The van der Waals surface area contributed by atoms with E-state index in [4.69, 9.17) is 26.6 Å². The number of aryl methyl sites for hydroxylation is 16. The van der Waals surface area contributed by atoms with Crippen LogP contribution in [0.15, 0.2) is 223 Å². The number of imidazole rings is 2. The molecule has 668 valence electrons. The minimum atomic E-state index is -1.01. The fraction of sp³-hybridized carbons (Fsp3) is 0.206. The molecule has 12 heterocycles. The van der Waals surface area contributed by atoms with Crippen molar-refractivity contribution in [2.75, 3.05) is 24.7 Å². The second-order valence-corrected chi connectivity index (χ2v) is 31.6. The maximum atomic E-state index is 12.1. The van der Waals surface area contributed by atoms with Gasteiger partial charge in [-0.3, -0.25) is 34.5 Å². The van der Waals surface area contributed by atoms with Gasteiger partial charge in [-0.25, -0.2) is 39.3 Å². The molecule has 0 bridgehead atoms. The molecule has 0 unspecified atom stereocenters. The molecule has 22 nitrogen and oxygen atoms in total. The summed E-state index contributed by atoms with van der Waals surface area (Å²) in [6.07, 6.45) is 18.4. The van der Waals surface area contributed by atoms with Gasteiger partial charge in [0.1, 0.15) is 34.5 Å². The second kappa shape index (κ2) is 44.3. The fourth-order valence-corrected chi connectivity index (χ4v) is 16.3. The number of nitrogens with zero attached hydrogens (tertiary/aromatic N) is 13. The number of H-pyrrole nitrogens is 3. The first-order valence-corrected chi connectivity index (χ1v) is 41.2. The van der Waals surface area contributed by atoms with Crippen molar-refractivity contribution < 1.29 is 9.90 Å². The smallest absolute Gasteiger partial charge is 0.339 e. The van der Waals surface area contributed by atoms with E-state index in [2.05, 4.69) is 144 Å². The van der Waals surface area contributed by atoms with Crippen LogP contribution >= 0.6 is 35.6 Å². The predicted molar refractivity (Wildman–Crippen MR) is 548 cm³/mol. The number of pyridine rings is 10. The summed E-state index contributed by atoms with van der Waals surface area (Å²) < 4.78 is 1.55. The van der Waals surface area contributed by atoms with E-state index in [9.17, 15) is 30.0 Å². The largest absolute Gasteiger partial charge is 0.478 e. The first-order valence-electron chi connectivity index (χ1n) is 40.8. The van der Waals surface area contributed by atoms with E-state index in [1.54, 1.807) is 44.2 Å². The highest BCUT2D eigenvalue weighted by atomic mass is 127. The number of aromatic amines is 3. The topological polar surface area (TPSA) is 324 Å². The molecule has 17 aromatic rings. The lowest BCUT2D eigenvalue weighted by Crippen LogP contribution is -2.12. The average Bonchev–Trinajstić information content (AvgIpc) is 1.73. The standard InChI is InChI=1S/C21H20N4O.C21H20N4.C21H21N3O2.C20H16ClN3.C20H18N4O.4CH4.HI/c1-12-7-5-6-8-15(12)19-16(18-13(2)10-22-11-14(18)3)9-17-20(24-19)25(4)21(26)23-17;1-13-7-5-6-8-17(13)20-18(9-16(10-22)21(23-4)25-20)19-14(2)11-24-12-15(19)3;1-12-7-5-6-8-15(12)19-16(18-13(2)10-23-11-14(18)3)9-17(21(25)26)20(22-4)24-19;1-12-6-4-5-7-16(12)19-17(8-15(9-22)20(21)24-19)18-13(2)10-23-11-14(18)3;1-11-6-4-5-7-14(11)18-15(17-12(2)9-21-10-13(17)3)8-16-19(23-18)24-20(25)22-16;;;;;/h5-11H,1-4H3,(H,23,26);5-9,11-12H,1-4H3,(H,23,25);5-11H,1-4H3,(H,22,24)(H,25,26);4-8,10-11H,1-3H3;4-10H,1-3H3,(H2,22,23,24,25);4*1H4;1H. The van der Waals surface area contributed by atoms with Gasteiger partial charge >= 0.3 is 17.3 Å². The summed E-state index contributed by atoms with van der Waals surface area (Å²) in [5.41, 5.74) is 38.7. The number of nitrogens with one attached hydrogen (secondary N) is 5. The van der Waals surface area contributed by atoms with Crippen molar-refractivity contribution in [3.63, 3.8) is 0 Å². The summed E-state index contributed by atoms with van der Waals surface area (Å²) in [5, 5.41) is 34.7. The summed E-state index contributed by atoms with van der Waals surface area (Å²) in [5.74, 6) is -0.0680. The Hall–Kier alpha value is -14.8. The summed E-state index contributed by atoms with van der Waals surface area (Å²) in [6.45, 7) is 30.5. The number of benzene rings is 5. The molecule has 12 aromatic heterocycles. The summed E-state index contributed by atoms with van der Waals surface area (Å²) in [7, 11) is 5.20. The molecule has 5 aromatic carbocycles. The van der Waals surface area contributed by atoms with Crippen LogP contribution < -0.4 is 22.0 Å². The third-order valence-electron chi connectivity index (χ3n) is 22.3. The molecule has 0 aliphatic carbocycles. The van der Waals surface area contributed by atoms with E-state index >= 15 is 0 Å². The Kier molecular flexibility index (Phi) is 34.4. The zero-order valence-electron chi connectivity index (χ0n) is 74.0. The van der Waals surface area contributed by atoms with E-state index in [0.29, 0.717) is 39.6 Å². The van der Waals surface area contributed by atoms with E-state index in [1.807, 2.05) is 228 Å². The van der Waals surface area contributed by atoms with Crippen LogP contribution in [-0.2, 0) is 7.05 Å². The van der Waals surface area contributed by atoms with Crippen LogP contribution in [0.5, 0.6) is 0 Å². The number of aromatic nitrogens is 14. The SMILES string of the molecule is C.C.C.C.CNc1nc(-c2ccccc2C)c(-c2c(C)cncc2C)cc1C#N.CNc1nc(-c2ccccc2C)c(-c2c(C)cncc2C)cc1C(=O)O.Cc1ccccc1-c1nc(Cl)c(C#N)cc1-c1c(C)cncc1C.Cc1ccccc1-c1nc2[nH]c(=O)[nH]c2cc1-c1c(C)cncc1C.Cc1ccccc1-c1nc2c(cc1-c1c(C)cncc1C)[nH]c(=O)n2C.I. The van der Waals surface area contributed by atoms with Gasteiger partial charge in [0.05, 0.1) is 50.6 Å². The molecule has 0 fully saturated rings. The molecule has 0 aliphatic rings. The summed E-state index contributed by atoms with van der Waals surface area (Å²) in [4.78, 5) is 89.1. The monoisotopic (exact) mass is 1870 g/mol. The Balaban J connectivity index is 0.000000200. The van der Waals surface area contributed by atoms with E-state index in [-0.39, 0.29) is 75.8 Å². The van der Waals surface area contributed by atoms with Gasteiger partial charge in [-0.1, -0.05) is 163 Å². The van der Waals surface area contributed by atoms with Crippen LogP contribution in [0.1, 0.15) is 135 Å². The number of nitriles is 2. The first-order chi connectivity index (χ1) is 60.5. The van der Waals surface area contributed by atoms with Crippen LogP contribution in [0, 0.1) is 127 Å². The summed E-state index contributed by atoms with van der Waals surface area (Å²) >= 11 is 6.22. The highest BCUT2D eigenvalue weighted by Crippen LogP contribution is 2.44. The van der Waals surface area contributed by atoms with Gasteiger partial charge in [0.25, 0.3) is 0 Å². The van der Waals surface area contributed by atoms with Gasteiger partial charge in [-0.15, -0.1) is 24.0 Å². The molecular formula is C107H112ClIN18O4. The van der Waals surface area contributed by atoms with Crippen LogP contribution in [0.4, 0.5) is 11.6 Å². The normalized spacial score (nSPS) is 10.4. The van der Waals surface area contributed by atoms with Gasteiger partial charge in [-0.05, 0) is 245 Å². The van der Waals surface area contributed by atoms with E-state index in [0.717, 1.165) is 201 Å². The number of halogens is 2. The number of rotatable bonds is 13. The van der Waals surface area contributed by atoms with Gasteiger partial charge < -0.3 is 25.7 Å². The van der Waals surface area contributed by atoms with Crippen molar-refractivity contribution in [3.05, 3.63) is 340 Å². The molecule has 131 heavy (non-hydrogen) atoms. The van der Waals surface area contributed by atoms with Crippen molar-refractivity contribution in [2.45, 2.75) is 134 Å². The Bertz CT molecular complexity index is 7220. The van der Waals surface area contributed by atoms with E-state index < -0.39 is 5.97 Å². The predicted octanol–water partition coefficient (Wildman–Crippen LogP) is 25.4. The van der Waals surface area contributed by atoms with Crippen molar-refractivity contribution in [2.24, 2.45) is 7.05 Å². The van der Waals surface area contributed by atoms with Crippen LogP contribution in [-0.4, -0.2) is 94.5 Å². The number of anilines is 2. The second-order valence-electron chi connectivity index (χ2n) is 31.2. The number of hydrogen-bond donors (Lipinski definition) is 6. The van der Waals surface area contributed by atoms with Crippen LogP contribution in [0.25, 0.3) is 134 Å². The molecule has 0 spiro atoms. The lowest BCUT2D eigenvalue weighted by molar-refractivity contribution is 0.0697. The minimum absolute atomic E-state index is 0. The average molecular weight is 1880 g/mol. The molecule has 6 N–H and O–H groups in total. The molecule has 17 rings (SSSR count). The van der Waals surface area contributed by atoms with Gasteiger partial charge in [0, 0.05) is 139 Å². The summed E-state index contributed by atoms with van der Waals surface area (Å²) in [6, 6.07) is 54.4. The van der Waals surface area contributed by atoms with Gasteiger partial charge in [0.2, 0.25) is 0 Å². The highest BCUT2D eigenvalue weighted by Gasteiger charge is 2.26. The minimum Gasteiger partial charge on any atom is -0.478 e. The van der Waals surface area contributed by atoms with Crippen molar-refractivity contribution in [1.29, 1.82) is 10.5 Å². The quantitative estimate of drug-likeness (QED) is 0.0461. The maximum Gasteiger partial charge on any atom is 0.339 e. The maximum absolute atomic E-state index is 12.1. The van der Waals surface area contributed by atoms with Crippen molar-refractivity contribution >= 4 is 75.5 Å². The lowest BCUT2D eigenvalue weighted by Gasteiger charge is -2.18. The molecule has 0 aliphatic heterocycles. The van der Waals surface area contributed by atoms with Gasteiger partial charge in [0.15, 0.2) is 11.3 Å². The highest BCUT2D eigenvalue weighted by molar-refractivity contribution is 14.0. The van der Waals surface area contributed by atoms with Crippen LogP contribution in [0.2, 0.25) is 5.15 Å². The number of fused-ring (bicyclic) bond motifs is 2. The number of aromatic carboxylic acids is 1. The Morgan fingerprint density at radius 1 is 0.359 bits per heavy atom. The third kappa shape index (κ3) is 21.5. The molecule has 0 amide bonds. The number of carbonyl (C=O) groups is 1. The molecule has 24 heteroatoms. The first kappa shape index (κ1) is 102. The molecule has 0 radical (unpaired) electrons. The molecule has 0 saturated heterocycles. The van der Waals surface area contributed by atoms with Crippen molar-refractivity contribution in [1.82, 2.24) is 69.4 Å². The number of hydrogen-bond acceptors (Lipinski definition) is 17. The third-order valence-corrected chi connectivity index (χ3v) is 22.6. The Labute approximate surface area is 789 Å².